The highest BCUT2D eigenvalue weighted by atomic mass is 35.5. The minimum Gasteiger partial charge on any atom is -0.352 e. The summed E-state index contributed by atoms with van der Waals surface area (Å²) in [5, 5.41) is 2.88. The molecule has 1 heterocycles. The molecule has 9 heteroatoms. The number of carbonyl (C=O) groups excluding carboxylic acids is 1. The predicted octanol–water partition coefficient (Wildman–Crippen LogP) is 2.37. The minimum atomic E-state index is -3.93. The van der Waals surface area contributed by atoms with E-state index in [-0.39, 0.29) is 21.4 Å². The maximum Gasteiger partial charge on any atom is 0.266 e. The molecule has 152 valence electrons. The number of nitrogens with zero attached hydrogens (tertiary/aromatic N) is 2. The number of carbonyl (C=O) groups is 1. The normalized spacial score (nSPS) is 18.6. The maximum absolute atomic E-state index is 12.4. The van der Waals surface area contributed by atoms with Gasteiger partial charge in [-0.2, -0.15) is 0 Å². The van der Waals surface area contributed by atoms with Crippen molar-refractivity contribution in [1.82, 2.24) is 14.7 Å². The molecule has 0 spiro atoms. The van der Waals surface area contributed by atoms with E-state index in [2.05, 4.69) is 17.1 Å². The fraction of sp³-hybridized carbons (Fsp3) is 0.611. The summed E-state index contributed by atoms with van der Waals surface area (Å²) in [6.45, 7) is 5.97. The molecule has 1 N–H and O–H groups in total. The van der Waals surface area contributed by atoms with Gasteiger partial charge in [0.2, 0.25) is 0 Å². The number of piperidine rings is 1. The van der Waals surface area contributed by atoms with E-state index in [0.29, 0.717) is 11.0 Å². The third kappa shape index (κ3) is 5.89. The van der Waals surface area contributed by atoms with Crippen molar-refractivity contribution in [1.29, 1.82) is 0 Å². The molecule has 0 aliphatic carbocycles. The van der Waals surface area contributed by atoms with Crippen LogP contribution in [0.4, 0.5) is 0 Å². The van der Waals surface area contributed by atoms with Crippen LogP contribution in [0, 0.1) is 5.92 Å². The molecule has 0 saturated carbocycles. The van der Waals surface area contributed by atoms with Crippen LogP contribution in [0.2, 0.25) is 5.02 Å². The van der Waals surface area contributed by atoms with Gasteiger partial charge in [-0.3, -0.25) is 9.63 Å². The molecule has 1 aromatic carbocycles. The molecule has 0 bridgehead atoms. The number of hydroxylamine groups is 1. The van der Waals surface area contributed by atoms with Crippen molar-refractivity contribution in [2.24, 2.45) is 5.92 Å². The molecule has 1 atom stereocenters. The minimum absolute atomic E-state index is 0.0367. The zero-order chi connectivity index (χ0) is 20.0. The Morgan fingerprint density at radius 3 is 2.85 bits per heavy atom. The first-order chi connectivity index (χ1) is 12.8. The second-order valence-corrected chi connectivity index (χ2v) is 9.21. The SMILES string of the molecule is CON(C)S(=O)(=O)c1cc(C(=O)NCCCN2CCCC(C)C2)ccc1Cl. The fourth-order valence-corrected chi connectivity index (χ4v) is 4.65. The number of likely N-dealkylation sites (tertiary alicyclic amines) is 1. The molecule has 2 rings (SSSR count). The largest absolute Gasteiger partial charge is 0.352 e. The van der Waals surface area contributed by atoms with Gasteiger partial charge in [0, 0.05) is 25.7 Å². The van der Waals surface area contributed by atoms with E-state index in [1.54, 1.807) is 0 Å². The molecule has 0 aromatic heterocycles. The zero-order valence-electron chi connectivity index (χ0n) is 16.1. The molecule has 1 unspecified atom stereocenters. The summed E-state index contributed by atoms with van der Waals surface area (Å²) in [6.07, 6.45) is 3.36. The summed E-state index contributed by atoms with van der Waals surface area (Å²) in [5.74, 6) is 0.406. The topological polar surface area (TPSA) is 78.9 Å². The average Bonchev–Trinajstić information content (AvgIpc) is 2.64. The Bertz CT molecular complexity index is 757. The van der Waals surface area contributed by atoms with Crippen molar-refractivity contribution in [2.75, 3.05) is 40.3 Å². The van der Waals surface area contributed by atoms with Crippen LogP contribution in [0.25, 0.3) is 0 Å². The molecule has 7 nitrogen and oxygen atoms in total. The summed E-state index contributed by atoms with van der Waals surface area (Å²) in [4.78, 5) is 19.4. The zero-order valence-corrected chi connectivity index (χ0v) is 17.6. The third-order valence-electron chi connectivity index (χ3n) is 4.74. The molecule has 1 aliphatic heterocycles. The lowest BCUT2D eigenvalue weighted by Crippen LogP contribution is -2.36. The number of halogens is 1. The lowest BCUT2D eigenvalue weighted by Gasteiger charge is -2.30. The molecule has 1 amide bonds. The highest BCUT2D eigenvalue weighted by Gasteiger charge is 2.25. The summed E-state index contributed by atoms with van der Waals surface area (Å²) in [7, 11) is -1.42. The number of amides is 1. The third-order valence-corrected chi connectivity index (χ3v) is 6.91. The Kier molecular flexibility index (Phi) is 8.05. The Morgan fingerprint density at radius 2 is 2.19 bits per heavy atom. The average molecular weight is 418 g/mol. The van der Waals surface area contributed by atoms with Gasteiger partial charge in [0.1, 0.15) is 4.90 Å². The molecule has 1 fully saturated rings. The van der Waals surface area contributed by atoms with Crippen molar-refractivity contribution >= 4 is 27.5 Å². The van der Waals surface area contributed by atoms with Crippen LogP contribution in [0.15, 0.2) is 23.1 Å². The van der Waals surface area contributed by atoms with Gasteiger partial charge in [0.15, 0.2) is 0 Å². The van der Waals surface area contributed by atoms with Crippen LogP contribution in [-0.2, 0) is 14.9 Å². The number of benzene rings is 1. The Hall–Kier alpha value is -1.19. The molecule has 27 heavy (non-hydrogen) atoms. The van der Waals surface area contributed by atoms with Crippen molar-refractivity contribution in [3.63, 3.8) is 0 Å². The van der Waals surface area contributed by atoms with E-state index < -0.39 is 10.0 Å². The summed E-state index contributed by atoms with van der Waals surface area (Å²) in [5.41, 5.74) is 0.245. The summed E-state index contributed by atoms with van der Waals surface area (Å²) >= 11 is 6.01. The van der Waals surface area contributed by atoms with Crippen LogP contribution >= 0.6 is 11.6 Å². The molecular weight excluding hydrogens is 390 g/mol. The van der Waals surface area contributed by atoms with Gasteiger partial charge < -0.3 is 10.2 Å². The van der Waals surface area contributed by atoms with E-state index in [9.17, 15) is 13.2 Å². The lowest BCUT2D eigenvalue weighted by atomic mass is 10.0. The van der Waals surface area contributed by atoms with E-state index in [4.69, 9.17) is 16.4 Å². The molecule has 1 aliphatic rings. The Balaban J connectivity index is 1.94. The van der Waals surface area contributed by atoms with Gasteiger partial charge in [-0.1, -0.05) is 23.0 Å². The molecule has 0 radical (unpaired) electrons. The first-order valence-corrected chi connectivity index (χ1v) is 10.9. The number of hydrogen-bond donors (Lipinski definition) is 1. The second-order valence-electron chi connectivity index (χ2n) is 6.90. The highest BCUT2D eigenvalue weighted by Crippen LogP contribution is 2.25. The van der Waals surface area contributed by atoms with Gasteiger partial charge >= 0.3 is 0 Å². The molecule has 1 aromatic rings. The Labute approximate surface area is 166 Å². The smallest absolute Gasteiger partial charge is 0.266 e. The standard InChI is InChI=1S/C18H28ClN3O4S/c1-14-6-4-10-22(13-14)11-5-9-20-18(23)15-7-8-16(19)17(12-15)27(24,25)21(2)26-3/h7-8,12,14H,4-6,9-11,13H2,1-3H3,(H,20,23). The van der Waals surface area contributed by atoms with Crippen molar-refractivity contribution in [2.45, 2.75) is 31.1 Å². The van der Waals surface area contributed by atoms with Crippen LogP contribution in [0.3, 0.4) is 0 Å². The number of sulfonamides is 1. The van der Waals surface area contributed by atoms with Crippen LogP contribution in [-0.4, -0.2) is 64.0 Å². The van der Waals surface area contributed by atoms with Crippen molar-refractivity contribution in [3.8, 4) is 0 Å². The van der Waals surface area contributed by atoms with E-state index in [0.717, 1.165) is 32.0 Å². The maximum atomic E-state index is 12.4. The van der Waals surface area contributed by atoms with E-state index >= 15 is 0 Å². The van der Waals surface area contributed by atoms with Gasteiger partial charge in [-0.05, 0) is 56.5 Å². The highest BCUT2D eigenvalue weighted by molar-refractivity contribution is 7.89. The van der Waals surface area contributed by atoms with Crippen LogP contribution in [0.1, 0.15) is 36.5 Å². The fourth-order valence-electron chi connectivity index (χ4n) is 3.18. The summed E-state index contributed by atoms with van der Waals surface area (Å²) in [6, 6.07) is 4.19. The molecular formula is C18H28ClN3O4S. The van der Waals surface area contributed by atoms with E-state index in [1.807, 2.05) is 0 Å². The van der Waals surface area contributed by atoms with Crippen molar-refractivity contribution < 1.29 is 18.0 Å². The van der Waals surface area contributed by atoms with Crippen molar-refractivity contribution in [3.05, 3.63) is 28.8 Å². The quantitative estimate of drug-likeness (QED) is 0.519. The first-order valence-electron chi connectivity index (χ1n) is 9.09. The van der Waals surface area contributed by atoms with Gasteiger partial charge in [-0.25, -0.2) is 8.42 Å². The lowest BCUT2D eigenvalue weighted by molar-refractivity contribution is -0.0258. The summed E-state index contributed by atoms with van der Waals surface area (Å²) < 4.78 is 25.5. The van der Waals surface area contributed by atoms with Gasteiger partial charge in [0.25, 0.3) is 15.9 Å². The molecule has 1 saturated heterocycles. The Morgan fingerprint density at radius 1 is 1.44 bits per heavy atom. The van der Waals surface area contributed by atoms with Crippen LogP contribution in [0.5, 0.6) is 0 Å². The number of nitrogens with one attached hydrogen (secondary N) is 1. The van der Waals surface area contributed by atoms with Gasteiger partial charge in [-0.15, -0.1) is 0 Å². The predicted molar refractivity (Wildman–Crippen MR) is 105 cm³/mol. The van der Waals surface area contributed by atoms with Crippen LogP contribution < -0.4 is 5.32 Å². The van der Waals surface area contributed by atoms with Gasteiger partial charge in [0.05, 0.1) is 12.1 Å². The monoisotopic (exact) mass is 417 g/mol. The number of hydrogen-bond acceptors (Lipinski definition) is 5. The first kappa shape index (κ1) is 22.1. The second kappa shape index (κ2) is 9.84. The van der Waals surface area contributed by atoms with E-state index in [1.165, 1.54) is 45.2 Å². The number of rotatable bonds is 8.